The Kier molecular flexibility index (Phi) is 3.47. The molecule has 0 radical (unpaired) electrons. The van der Waals surface area contributed by atoms with Gasteiger partial charge >= 0.3 is 0 Å². The van der Waals surface area contributed by atoms with E-state index in [9.17, 15) is 14.4 Å². The van der Waals surface area contributed by atoms with Gasteiger partial charge in [0.2, 0.25) is 0 Å². The van der Waals surface area contributed by atoms with Crippen molar-refractivity contribution in [3.05, 3.63) is 34.9 Å². The van der Waals surface area contributed by atoms with E-state index in [2.05, 4.69) is 5.32 Å². The second kappa shape index (κ2) is 5.29. The number of nitrogens with zero attached hydrogens (tertiary/aromatic N) is 1. The average Bonchev–Trinajstić information content (AvgIpc) is 3.09. The van der Waals surface area contributed by atoms with E-state index in [-0.39, 0.29) is 29.4 Å². The highest BCUT2D eigenvalue weighted by atomic mass is 16.5. The quantitative estimate of drug-likeness (QED) is 0.836. The van der Waals surface area contributed by atoms with Crippen LogP contribution in [0.25, 0.3) is 0 Å². The van der Waals surface area contributed by atoms with Gasteiger partial charge in [-0.1, -0.05) is 0 Å². The van der Waals surface area contributed by atoms with Gasteiger partial charge in [0.15, 0.2) is 0 Å². The number of carbonyl (C=O) groups excluding carboxylic acids is 3. The first-order valence-corrected chi connectivity index (χ1v) is 6.94. The topological polar surface area (TPSA) is 75.7 Å². The Labute approximate surface area is 122 Å². The lowest BCUT2D eigenvalue weighted by atomic mass is 10.1. The number of carbonyl (C=O) groups is 3. The summed E-state index contributed by atoms with van der Waals surface area (Å²) in [4.78, 5) is 36.8. The fourth-order valence-electron chi connectivity index (χ4n) is 2.62. The summed E-state index contributed by atoms with van der Waals surface area (Å²) in [6.07, 6.45) is 2.03. The van der Waals surface area contributed by atoms with Crippen molar-refractivity contribution in [2.75, 3.05) is 20.2 Å². The fourth-order valence-corrected chi connectivity index (χ4v) is 2.62. The molecule has 3 rings (SSSR count). The lowest BCUT2D eigenvalue weighted by molar-refractivity contribution is 0.0693. The van der Waals surface area contributed by atoms with Crippen molar-refractivity contribution in [2.24, 2.45) is 0 Å². The van der Waals surface area contributed by atoms with Crippen LogP contribution in [-0.4, -0.2) is 48.9 Å². The van der Waals surface area contributed by atoms with Gasteiger partial charge in [0.1, 0.15) is 0 Å². The molecular formula is C15H16N2O4. The third-order valence-corrected chi connectivity index (χ3v) is 3.87. The van der Waals surface area contributed by atoms with E-state index >= 15 is 0 Å². The zero-order valence-corrected chi connectivity index (χ0v) is 11.7. The summed E-state index contributed by atoms with van der Waals surface area (Å²) in [6.45, 7) is 1.20. The third-order valence-electron chi connectivity index (χ3n) is 3.87. The molecule has 2 heterocycles. The second-order valence-corrected chi connectivity index (χ2v) is 5.27. The van der Waals surface area contributed by atoms with Crippen molar-refractivity contribution < 1.29 is 19.1 Å². The van der Waals surface area contributed by atoms with Crippen LogP contribution in [-0.2, 0) is 4.74 Å². The van der Waals surface area contributed by atoms with E-state index in [0.717, 1.165) is 24.3 Å². The highest BCUT2D eigenvalue weighted by molar-refractivity contribution is 6.21. The minimum absolute atomic E-state index is 0.0673. The highest BCUT2D eigenvalue weighted by Gasteiger charge is 2.33. The van der Waals surface area contributed by atoms with Crippen LogP contribution in [0.5, 0.6) is 0 Å². The Morgan fingerprint density at radius 2 is 2.10 bits per heavy atom. The van der Waals surface area contributed by atoms with Crippen molar-refractivity contribution in [1.29, 1.82) is 0 Å². The monoisotopic (exact) mass is 288 g/mol. The molecule has 1 aromatic rings. The number of benzene rings is 1. The smallest absolute Gasteiger partial charge is 0.261 e. The maximum Gasteiger partial charge on any atom is 0.261 e. The van der Waals surface area contributed by atoms with Gasteiger partial charge in [0, 0.05) is 25.8 Å². The molecule has 2 aliphatic rings. The van der Waals surface area contributed by atoms with Crippen LogP contribution in [0.15, 0.2) is 18.2 Å². The van der Waals surface area contributed by atoms with Gasteiger partial charge in [-0.3, -0.25) is 19.3 Å². The van der Waals surface area contributed by atoms with Crippen molar-refractivity contribution in [3.8, 4) is 0 Å². The Morgan fingerprint density at radius 1 is 1.33 bits per heavy atom. The molecule has 2 aliphatic heterocycles. The predicted molar refractivity (Wildman–Crippen MR) is 74.2 cm³/mol. The summed E-state index contributed by atoms with van der Waals surface area (Å²) in [7, 11) is 1.43. The summed E-state index contributed by atoms with van der Waals surface area (Å²) in [5.74, 6) is -0.965. The first-order chi connectivity index (χ1) is 10.1. The second-order valence-electron chi connectivity index (χ2n) is 5.27. The van der Waals surface area contributed by atoms with E-state index in [1.54, 1.807) is 6.07 Å². The molecule has 6 heteroatoms. The predicted octanol–water partition coefficient (Wildman–Crippen LogP) is 0.821. The molecule has 1 saturated heterocycles. The number of imide groups is 1. The van der Waals surface area contributed by atoms with E-state index in [4.69, 9.17) is 4.74 Å². The van der Waals surface area contributed by atoms with Crippen molar-refractivity contribution in [2.45, 2.75) is 18.9 Å². The van der Waals surface area contributed by atoms with E-state index < -0.39 is 0 Å². The number of ether oxygens (including phenoxy) is 1. The van der Waals surface area contributed by atoms with Gasteiger partial charge in [0.05, 0.1) is 17.2 Å². The van der Waals surface area contributed by atoms with Gasteiger partial charge in [0.25, 0.3) is 17.7 Å². The molecule has 110 valence electrons. The number of nitrogens with one attached hydrogen (secondary N) is 1. The molecule has 6 nitrogen and oxygen atoms in total. The highest BCUT2D eigenvalue weighted by Crippen LogP contribution is 2.22. The van der Waals surface area contributed by atoms with Gasteiger partial charge < -0.3 is 10.1 Å². The Hall–Kier alpha value is -2.21. The molecule has 1 atom stereocenters. The van der Waals surface area contributed by atoms with Crippen LogP contribution in [0.4, 0.5) is 0 Å². The Bertz CT molecular complexity index is 620. The fraction of sp³-hybridized carbons (Fsp3) is 0.400. The molecule has 0 aliphatic carbocycles. The first kappa shape index (κ1) is 13.8. The molecule has 0 bridgehead atoms. The van der Waals surface area contributed by atoms with Crippen LogP contribution in [0, 0.1) is 0 Å². The van der Waals surface area contributed by atoms with Gasteiger partial charge in [-0.05, 0) is 31.0 Å². The van der Waals surface area contributed by atoms with E-state index in [0.29, 0.717) is 17.7 Å². The third kappa shape index (κ3) is 2.42. The molecule has 0 spiro atoms. The lowest BCUT2D eigenvalue weighted by Crippen LogP contribution is -2.31. The Morgan fingerprint density at radius 3 is 2.81 bits per heavy atom. The minimum Gasteiger partial charge on any atom is -0.376 e. The van der Waals surface area contributed by atoms with Crippen LogP contribution in [0.2, 0.25) is 0 Å². The number of rotatable bonds is 3. The number of fused-ring (bicyclic) bond motifs is 1. The maximum absolute atomic E-state index is 12.1. The number of hydrogen-bond donors (Lipinski definition) is 1. The molecule has 3 amide bonds. The largest absolute Gasteiger partial charge is 0.376 e. The summed E-state index contributed by atoms with van der Waals surface area (Å²) in [5.41, 5.74) is 1.01. The zero-order valence-electron chi connectivity index (χ0n) is 11.7. The van der Waals surface area contributed by atoms with E-state index in [1.807, 2.05) is 0 Å². The molecule has 0 aromatic heterocycles. The van der Waals surface area contributed by atoms with Crippen LogP contribution in [0.1, 0.15) is 43.9 Å². The van der Waals surface area contributed by atoms with Gasteiger partial charge in [-0.25, -0.2) is 0 Å². The normalized spacial score (nSPS) is 20.8. The standard InChI is InChI=1S/C15H16N2O4/c1-17-14(19)11-5-4-9(7-12(11)15(17)20)13(18)16-8-10-3-2-6-21-10/h4-5,7,10H,2-3,6,8H2,1H3,(H,16,18)/t10-/m1/s1. The van der Waals surface area contributed by atoms with Crippen molar-refractivity contribution in [1.82, 2.24) is 10.2 Å². The molecule has 0 saturated carbocycles. The zero-order chi connectivity index (χ0) is 15.0. The molecule has 1 aromatic carbocycles. The summed E-state index contributed by atoms with van der Waals surface area (Å²) < 4.78 is 5.44. The average molecular weight is 288 g/mol. The summed E-state index contributed by atoms with van der Waals surface area (Å²) in [6, 6.07) is 4.57. The first-order valence-electron chi connectivity index (χ1n) is 6.94. The molecule has 1 fully saturated rings. The van der Waals surface area contributed by atoms with Crippen molar-refractivity contribution in [3.63, 3.8) is 0 Å². The molecular weight excluding hydrogens is 272 g/mol. The number of hydrogen-bond acceptors (Lipinski definition) is 4. The van der Waals surface area contributed by atoms with Crippen molar-refractivity contribution >= 4 is 17.7 Å². The summed E-state index contributed by atoms with van der Waals surface area (Å²) in [5, 5.41) is 2.80. The lowest BCUT2D eigenvalue weighted by Gasteiger charge is -2.11. The van der Waals surface area contributed by atoms with Crippen LogP contribution < -0.4 is 5.32 Å². The Balaban J connectivity index is 1.73. The maximum atomic E-state index is 12.1. The SMILES string of the molecule is CN1C(=O)c2ccc(C(=O)NC[C@H]3CCCO3)cc2C1=O. The van der Waals surface area contributed by atoms with Crippen LogP contribution >= 0.6 is 0 Å². The van der Waals surface area contributed by atoms with Gasteiger partial charge in [-0.15, -0.1) is 0 Å². The van der Waals surface area contributed by atoms with Gasteiger partial charge in [-0.2, -0.15) is 0 Å². The van der Waals surface area contributed by atoms with Crippen LogP contribution in [0.3, 0.4) is 0 Å². The summed E-state index contributed by atoms with van der Waals surface area (Å²) >= 11 is 0. The van der Waals surface area contributed by atoms with E-state index in [1.165, 1.54) is 19.2 Å². The molecule has 21 heavy (non-hydrogen) atoms. The number of amides is 3. The minimum atomic E-state index is -0.372. The molecule has 1 N–H and O–H groups in total. The molecule has 0 unspecified atom stereocenters.